The van der Waals surface area contributed by atoms with Crippen molar-refractivity contribution in [1.82, 2.24) is 4.57 Å². The van der Waals surface area contributed by atoms with Crippen LogP contribution in [0.3, 0.4) is 0 Å². The number of rotatable bonds is 3. The molecule has 0 aliphatic heterocycles. The average molecular weight is 264 g/mol. The molecule has 0 amide bonds. The molecule has 78 valence electrons. The normalized spacial score (nSPS) is 16.1. The Morgan fingerprint density at radius 3 is 2.93 bits per heavy atom. The van der Waals surface area contributed by atoms with Crippen molar-refractivity contribution in [1.29, 1.82) is 0 Å². The summed E-state index contributed by atoms with van der Waals surface area (Å²) < 4.78 is 3.54. The number of benzene rings is 1. The summed E-state index contributed by atoms with van der Waals surface area (Å²) in [7, 11) is 0. The second-order valence-corrected chi connectivity index (χ2v) is 5.36. The molecule has 1 saturated carbocycles. The van der Waals surface area contributed by atoms with Crippen molar-refractivity contribution in [2.45, 2.75) is 25.8 Å². The van der Waals surface area contributed by atoms with E-state index in [4.69, 9.17) is 0 Å². The lowest BCUT2D eigenvalue weighted by atomic mass is 10.2. The molecule has 0 saturated heterocycles. The Hall–Kier alpha value is -0.760. The van der Waals surface area contributed by atoms with Gasteiger partial charge in [0.15, 0.2) is 0 Å². The molecule has 1 nitrogen and oxygen atoms in total. The van der Waals surface area contributed by atoms with Gasteiger partial charge in [-0.1, -0.05) is 28.8 Å². The van der Waals surface area contributed by atoms with E-state index in [0.717, 1.165) is 10.4 Å². The Labute approximate surface area is 98.2 Å². The van der Waals surface area contributed by atoms with Gasteiger partial charge in [-0.25, -0.2) is 0 Å². The predicted molar refractivity (Wildman–Crippen MR) is 67.0 cm³/mol. The molecule has 0 bridgehead atoms. The average Bonchev–Trinajstić information content (AvgIpc) is 2.97. The molecule has 0 spiro atoms. The first-order valence-electron chi connectivity index (χ1n) is 5.57. The molecule has 0 unspecified atom stereocenters. The third-order valence-corrected chi connectivity index (χ3v) is 3.70. The topological polar surface area (TPSA) is 4.93 Å². The lowest BCUT2D eigenvalue weighted by molar-refractivity contribution is 0.611. The first kappa shape index (κ1) is 9.46. The Balaban J connectivity index is 1.89. The summed E-state index contributed by atoms with van der Waals surface area (Å²) >= 11 is 3.50. The van der Waals surface area contributed by atoms with Crippen LogP contribution in [-0.4, -0.2) is 4.57 Å². The Morgan fingerprint density at radius 1 is 1.27 bits per heavy atom. The molecule has 2 heteroatoms. The van der Waals surface area contributed by atoms with Gasteiger partial charge in [0.1, 0.15) is 0 Å². The standard InChI is InChI=1S/C13H14BrN/c14-12-3-4-13-11(9-12)6-8-15(13)7-5-10-1-2-10/h3-4,6,8-10H,1-2,5,7H2. The molecule has 1 aliphatic carbocycles. The first-order chi connectivity index (χ1) is 7.33. The van der Waals surface area contributed by atoms with Crippen molar-refractivity contribution >= 4 is 26.8 Å². The number of fused-ring (bicyclic) bond motifs is 1. The largest absolute Gasteiger partial charge is 0.347 e. The highest BCUT2D eigenvalue weighted by Gasteiger charge is 2.20. The van der Waals surface area contributed by atoms with Gasteiger partial charge in [-0.2, -0.15) is 0 Å². The minimum atomic E-state index is 1.01. The lowest BCUT2D eigenvalue weighted by Crippen LogP contribution is -1.96. The van der Waals surface area contributed by atoms with Crippen LogP contribution in [0.5, 0.6) is 0 Å². The number of halogens is 1. The van der Waals surface area contributed by atoms with E-state index in [1.807, 2.05) is 0 Å². The highest BCUT2D eigenvalue weighted by atomic mass is 79.9. The van der Waals surface area contributed by atoms with Crippen LogP contribution in [0, 0.1) is 5.92 Å². The Morgan fingerprint density at radius 2 is 2.13 bits per heavy atom. The fourth-order valence-corrected chi connectivity index (χ4v) is 2.47. The van der Waals surface area contributed by atoms with Gasteiger partial charge in [-0.05, 0) is 36.6 Å². The molecular formula is C13H14BrN. The highest BCUT2D eigenvalue weighted by molar-refractivity contribution is 9.10. The highest BCUT2D eigenvalue weighted by Crippen LogP contribution is 2.33. The van der Waals surface area contributed by atoms with E-state index in [1.54, 1.807) is 0 Å². The summed E-state index contributed by atoms with van der Waals surface area (Å²) in [5.41, 5.74) is 1.36. The summed E-state index contributed by atoms with van der Waals surface area (Å²) in [5, 5.41) is 1.33. The van der Waals surface area contributed by atoms with Crippen LogP contribution in [0.4, 0.5) is 0 Å². The van der Waals surface area contributed by atoms with Crippen molar-refractivity contribution in [3.05, 3.63) is 34.9 Å². The minimum absolute atomic E-state index is 1.01. The fraction of sp³-hybridized carbons (Fsp3) is 0.385. The zero-order valence-corrected chi connectivity index (χ0v) is 10.2. The Bertz CT molecular complexity index is 482. The molecule has 0 radical (unpaired) electrons. The Kier molecular flexibility index (Phi) is 2.32. The van der Waals surface area contributed by atoms with Crippen LogP contribution in [-0.2, 0) is 6.54 Å². The fourth-order valence-electron chi connectivity index (χ4n) is 2.09. The number of aryl methyl sites for hydroxylation is 1. The van der Waals surface area contributed by atoms with Crippen LogP contribution in [0.2, 0.25) is 0 Å². The molecule has 1 aromatic carbocycles. The maximum Gasteiger partial charge on any atom is 0.0481 e. The third-order valence-electron chi connectivity index (χ3n) is 3.21. The van der Waals surface area contributed by atoms with Gasteiger partial charge in [0, 0.05) is 28.1 Å². The van der Waals surface area contributed by atoms with Crippen molar-refractivity contribution in [2.75, 3.05) is 0 Å². The maximum atomic E-state index is 3.50. The first-order valence-corrected chi connectivity index (χ1v) is 6.36. The van der Waals surface area contributed by atoms with E-state index < -0.39 is 0 Å². The van der Waals surface area contributed by atoms with Gasteiger partial charge in [0.2, 0.25) is 0 Å². The molecule has 2 aromatic rings. The number of nitrogens with zero attached hydrogens (tertiary/aromatic N) is 1. The monoisotopic (exact) mass is 263 g/mol. The quantitative estimate of drug-likeness (QED) is 0.782. The van der Waals surface area contributed by atoms with Crippen LogP contribution >= 0.6 is 15.9 Å². The van der Waals surface area contributed by atoms with E-state index in [-0.39, 0.29) is 0 Å². The summed E-state index contributed by atoms with van der Waals surface area (Å²) in [5.74, 6) is 1.01. The van der Waals surface area contributed by atoms with E-state index in [1.165, 1.54) is 36.7 Å². The number of hydrogen-bond acceptors (Lipinski definition) is 0. The second kappa shape index (κ2) is 3.67. The SMILES string of the molecule is Brc1ccc2c(ccn2CCC2CC2)c1. The molecule has 1 fully saturated rings. The van der Waals surface area contributed by atoms with Gasteiger partial charge >= 0.3 is 0 Å². The van der Waals surface area contributed by atoms with E-state index >= 15 is 0 Å². The molecule has 1 heterocycles. The van der Waals surface area contributed by atoms with E-state index in [2.05, 4.69) is 51.0 Å². The molecule has 15 heavy (non-hydrogen) atoms. The summed E-state index contributed by atoms with van der Waals surface area (Å²) in [6.07, 6.45) is 6.45. The van der Waals surface area contributed by atoms with Crippen LogP contribution in [0.15, 0.2) is 34.9 Å². The lowest BCUT2D eigenvalue weighted by Gasteiger charge is -2.04. The van der Waals surface area contributed by atoms with Crippen molar-refractivity contribution in [2.24, 2.45) is 5.92 Å². The van der Waals surface area contributed by atoms with Gasteiger partial charge in [-0.3, -0.25) is 0 Å². The summed E-state index contributed by atoms with van der Waals surface area (Å²) in [4.78, 5) is 0. The zero-order valence-electron chi connectivity index (χ0n) is 8.62. The third kappa shape index (κ3) is 1.96. The van der Waals surface area contributed by atoms with Crippen molar-refractivity contribution < 1.29 is 0 Å². The predicted octanol–water partition coefficient (Wildman–Crippen LogP) is 4.20. The van der Waals surface area contributed by atoms with Gasteiger partial charge in [0.25, 0.3) is 0 Å². The minimum Gasteiger partial charge on any atom is -0.347 e. The second-order valence-electron chi connectivity index (χ2n) is 4.44. The molecule has 1 aromatic heterocycles. The van der Waals surface area contributed by atoms with Gasteiger partial charge < -0.3 is 4.57 Å². The number of aromatic nitrogens is 1. The smallest absolute Gasteiger partial charge is 0.0481 e. The van der Waals surface area contributed by atoms with Crippen LogP contribution in [0.25, 0.3) is 10.9 Å². The van der Waals surface area contributed by atoms with E-state index in [9.17, 15) is 0 Å². The molecule has 3 rings (SSSR count). The summed E-state index contributed by atoms with van der Waals surface area (Å²) in [6.45, 7) is 1.18. The molecular weight excluding hydrogens is 250 g/mol. The maximum absolute atomic E-state index is 3.50. The number of hydrogen-bond donors (Lipinski definition) is 0. The zero-order chi connectivity index (χ0) is 10.3. The molecule has 0 atom stereocenters. The van der Waals surface area contributed by atoms with Crippen LogP contribution < -0.4 is 0 Å². The van der Waals surface area contributed by atoms with Crippen LogP contribution in [0.1, 0.15) is 19.3 Å². The van der Waals surface area contributed by atoms with Crippen molar-refractivity contribution in [3.8, 4) is 0 Å². The van der Waals surface area contributed by atoms with Gasteiger partial charge in [0.05, 0.1) is 0 Å². The van der Waals surface area contributed by atoms with E-state index in [0.29, 0.717) is 0 Å². The van der Waals surface area contributed by atoms with Crippen molar-refractivity contribution in [3.63, 3.8) is 0 Å². The summed E-state index contributed by atoms with van der Waals surface area (Å²) in [6, 6.07) is 8.71. The van der Waals surface area contributed by atoms with Gasteiger partial charge in [-0.15, -0.1) is 0 Å². The molecule has 1 aliphatic rings. The molecule has 0 N–H and O–H groups in total.